The molecule has 172 valence electrons. The molecule has 1 unspecified atom stereocenters. The van der Waals surface area contributed by atoms with Gasteiger partial charge in [-0.05, 0) is 78.9 Å². The molecule has 6 heteroatoms. The van der Waals surface area contributed by atoms with Gasteiger partial charge in [-0.1, -0.05) is 24.8 Å². The minimum absolute atomic E-state index is 0.206. The number of benzene rings is 2. The Morgan fingerprint density at radius 3 is 2.56 bits per heavy atom. The minimum atomic E-state index is -0.206. The molecule has 0 saturated carbocycles. The van der Waals surface area contributed by atoms with Gasteiger partial charge < -0.3 is 9.21 Å². The van der Waals surface area contributed by atoms with Crippen molar-refractivity contribution in [2.45, 2.75) is 24.8 Å². The monoisotopic (exact) mass is 487 g/mol. The standard InChI is InChI=1S/C28H26FN3S2/c1-17-6-9-28(25(29)12-17)34-32(5)22-13-21(15-30-16-22)27-11-10-26(33-27)20-7-8-23-18(2)31(4)19(3)24(23)14-20/h6-16,19H,2H2,1,3-5H3. The van der Waals surface area contributed by atoms with E-state index < -0.39 is 0 Å². The molecule has 1 aliphatic rings. The van der Waals surface area contributed by atoms with E-state index in [0.29, 0.717) is 10.9 Å². The SMILES string of the molecule is C=C1c2ccc(-c3ccc(-c4cncc(N(C)Sc5ccc(C)cc5F)c4)s3)cc2C(C)N1C. The predicted molar refractivity (Wildman–Crippen MR) is 144 cm³/mol. The first-order valence-electron chi connectivity index (χ1n) is 11.1. The number of pyridine rings is 1. The Kier molecular flexibility index (Phi) is 5.96. The molecule has 34 heavy (non-hydrogen) atoms. The van der Waals surface area contributed by atoms with E-state index in [1.54, 1.807) is 17.4 Å². The van der Waals surface area contributed by atoms with Crippen LogP contribution in [0, 0.1) is 12.7 Å². The maximum absolute atomic E-state index is 14.3. The van der Waals surface area contributed by atoms with Gasteiger partial charge in [-0.2, -0.15) is 0 Å². The molecule has 2 aromatic carbocycles. The summed E-state index contributed by atoms with van der Waals surface area (Å²) in [6.07, 6.45) is 3.69. The van der Waals surface area contributed by atoms with E-state index in [4.69, 9.17) is 0 Å². The third-order valence-electron chi connectivity index (χ3n) is 6.40. The molecule has 3 nitrogen and oxygen atoms in total. The van der Waals surface area contributed by atoms with Crippen molar-refractivity contribution in [2.24, 2.45) is 0 Å². The van der Waals surface area contributed by atoms with E-state index in [2.05, 4.69) is 66.8 Å². The van der Waals surface area contributed by atoms with Gasteiger partial charge in [0.05, 0.1) is 22.8 Å². The topological polar surface area (TPSA) is 19.4 Å². The molecular formula is C28H26FN3S2. The molecule has 4 aromatic rings. The highest BCUT2D eigenvalue weighted by Gasteiger charge is 2.26. The molecule has 3 heterocycles. The van der Waals surface area contributed by atoms with E-state index in [0.717, 1.165) is 27.4 Å². The third-order valence-corrected chi connectivity index (χ3v) is 8.60. The predicted octanol–water partition coefficient (Wildman–Crippen LogP) is 8.05. The lowest BCUT2D eigenvalue weighted by Gasteiger charge is -2.18. The number of nitrogens with zero attached hydrogens (tertiary/aromatic N) is 3. The van der Waals surface area contributed by atoms with Crippen LogP contribution in [0.15, 0.2) is 78.5 Å². The summed E-state index contributed by atoms with van der Waals surface area (Å²) >= 11 is 3.11. The van der Waals surface area contributed by atoms with E-state index >= 15 is 0 Å². The van der Waals surface area contributed by atoms with E-state index in [9.17, 15) is 4.39 Å². The first-order chi connectivity index (χ1) is 16.3. The van der Waals surface area contributed by atoms with Crippen LogP contribution in [-0.4, -0.2) is 24.0 Å². The van der Waals surface area contributed by atoms with Gasteiger partial charge >= 0.3 is 0 Å². The highest BCUT2D eigenvalue weighted by atomic mass is 32.2. The van der Waals surface area contributed by atoms with Crippen molar-refractivity contribution in [1.82, 2.24) is 9.88 Å². The van der Waals surface area contributed by atoms with Gasteiger partial charge in [0.1, 0.15) is 5.82 Å². The Labute approximate surface area is 208 Å². The second kappa shape index (κ2) is 8.93. The summed E-state index contributed by atoms with van der Waals surface area (Å²) in [4.78, 5) is 9.65. The second-order valence-corrected chi connectivity index (χ2v) is 10.9. The first-order valence-corrected chi connectivity index (χ1v) is 12.7. The van der Waals surface area contributed by atoms with Crippen molar-refractivity contribution in [3.8, 4) is 20.9 Å². The maximum atomic E-state index is 14.3. The number of rotatable bonds is 5. The van der Waals surface area contributed by atoms with Gasteiger partial charge in [-0.3, -0.25) is 4.98 Å². The molecule has 0 amide bonds. The van der Waals surface area contributed by atoms with Gasteiger partial charge in [0.25, 0.3) is 0 Å². The van der Waals surface area contributed by atoms with Crippen LogP contribution in [0.1, 0.15) is 29.7 Å². The number of thiophene rings is 1. The summed E-state index contributed by atoms with van der Waals surface area (Å²) in [6.45, 7) is 8.33. The lowest BCUT2D eigenvalue weighted by atomic mass is 10.0. The Bertz CT molecular complexity index is 1390. The number of fused-ring (bicyclic) bond motifs is 1. The molecule has 0 N–H and O–H groups in total. The number of hydrogen-bond acceptors (Lipinski definition) is 5. The van der Waals surface area contributed by atoms with Crippen molar-refractivity contribution < 1.29 is 4.39 Å². The Morgan fingerprint density at radius 1 is 1.03 bits per heavy atom. The number of aryl methyl sites for hydroxylation is 1. The average Bonchev–Trinajstić information content (AvgIpc) is 3.41. The molecule has 0 spiro atoms. The quantitative estimate of drug-likeness (QED) is 0.265. The van der Waals surface area contributed by atoms with Crippen LogP contribution in [0.4, 0.5) is 10.1 Å². The lowest BCUT2D eigenvalue weighted by molar-refractivity contribution is 0.405. The van der Waals surface area contributed by atoms with Gasteiger partial charge in [0.2, 0.25) is 0 Å². The van der Waals surface area contributed by atoms with E-state index in [-0.39, 0.29) is 5.82 Å². The fourth-order valence-corrected chi connectivity index (χ4v) is 5.98. The first kappa shape index (κ1) is 22.7. The van der Waals surface area contributed by atoms with Crippen LogP contribution in [0.2, 0.25) is 0 Å². The molecule has 0 saturated heterocycles. The number of hydrogen-bond donors (Lipinski definition) is 0. The zero-order valence-corrected chi connectivity index (χ0v) is 21.3. The fraction of sp³-hybridized carbons (Fsp3) is 0.179. The Morgan fingerprint density at radius 2 is 1.79 bits per heavy atom. The van der Waals surface area contributed by atoms with Crippen molar-refractivity contribution in [2.75, 3.05) is 18.4 Å². The number of anilines is 1. The summed E-state index contributed by atoms with van der Waals surface area (Å²) in [5.74, 6) is -0.206. The zero-order chi connectivity index (χ0) is 24.0. The average molecular weight is 488 g/mol. The van der Waals surface area contributed by atoms with Crippen molar-refractivity contribution >= 4 is 34.7 Å². The summed E-state index contributed by atoms with van der Waals surface area (Å²) in [7, 11) is 4.03. The fourth-order valence-electron chi connectivity index (χ4n) is 4.22. The van der Waals surface area contributed by atoms with Crippen LogP contribution < -0.4 is 4.31 Å². The molecule has 0 fully saturated rings. The molecule has 1 aliphatic heterocycles. The van der Waals surface area contributed by atoms with Gasteiger partial charge in [0.15, 0.2) is 0 Å². The molecule has 0 bridgehead atoms. The van der Waals surface area contributed by atoms with Crippen LogP contribution >= 0.6 is 23.3 Å². The van der Waals surface area contributed by atoms with Gasteiger partial charge in [-0.25, -0.2) is 4.39 Å². The molecule has 1 atom stereocenters. The molecular weight excluding hydrogens is 461 g/mol. The lowest BCUT2D eigenvalue weighted by Crippen LogP contribution is -2.11. The van der Waals surface area contributed by atoms with Crippen molar-refractivity contribution in [3.63, 3.8) is 0 Å². The van der Waals surface area contributed by atoms with Crippen LogP contribution in [-0.2, 0) is 0 Å². The summed E-state index contributed by atoms with van der Waals surface area (Å²) in [5.41, 5.74) is 7.74. The molecule has 5 rings (SSSR count). The molecule has 0 radical (unpaired) electrons. The zero-order valence-electron chi connectivity index (χ0n) is 19.7. The van der Waals surface area contributed by atoms with Crippen molar-refractivity contribution in [1.29, 1.82) is 0 Å². The maximum Gasteiger partial charge on any atom is 0.138 e. The van der Waals surface area contributed by atoms with Gasteiger partial charge in [-0.15, -0.1) is 11.3 Å². The largest absolute Gasteiger partial charge is 0.368 e. The van der Waals surface area contributed by atoms with Gasteiger partial charge in [0, 0.05) is 46.9 Å². The van der Waals surface area contributed by atoms with E-state index in [1.165, 1.54) is 33.5 Å². The van der Waals surface area contributed by atoms with E-state index in [1.807, 2.05) is 42.8 Å². The third kappa shape index (κ3) is 4.12. The highest BCUT2D eigenvalue weighted by Crippen LogP contribution is 2.42. The second-order valence-electron chi connectivity index (χ2n) is 8.65. The summed E-state index contributed by atoms with van der Waals surface area (Å²) in [6, 6.07) is 18.7. The summed E-state index contributed by atoms with van der Waals surface area (Å²) in [5, 5.41) is 0. The van der Waals surface area contributed by atoms with Crippen LogP contribution in [0.5, 0.6) is 0 Å². The molecule has 2 aromatic heterocycles. The summed E-state index contributed by atoms with van der Waals surface area (Å²) < 4.78 is 16.3. The minimum Gasteiger partial charge on any atom is -0.368 e. The van der Waals surface area contributed by atoms with Crippen molar-refractivity contribution in [3.05, 3.63) is 96.1 Å². The van der Waals surface area contributed by atoms with Crippen LogP contribution in [0.3, 0.4) is 0 Å². The smallest absolute Gasteiger partial charge is 0.138 e. The Hall–Kier alpha value is -3.09. The Balaban J connectivity index is 1.39. The molecule has 0 aliphatic carbocycles. The normalized spacial score (nSPS) is 15.0. The number of aromatic nitrogens is 1. The van der Waals surface area contributed by atoms with Crippen LogP contribution in [0.25, 0.3) is 26.6 Å². The number of halogens is 1. The highest BCUT2D eigenvalue weighted by molar-refractivity contribution is 8.00.